The Balaban J connectivity index is 2.88. The molecule has 0 radical (unpaired) electrons. The van der Waals surface area contributed by atoms with Crippen LogP contribution in [0.25, 0.3) is 0 Å². The molecule has 0 aliphatic carbocycles. The van der Waals surface area contributed by atoms with Gasteiger partial charge in [0.1, 0.15) is 5.75 Å². The van der Waals surface area contributed by atoms with Crippen molar-refractivity contribution >= 4 is 5.97 Å². The van der Waals surface area contributed by atoms with Gasteiger partial charge in [0.15, 0.2) is 0 Å². The molecule has 0 saturated heterocycles. The molecule has 2 N–H and O–H groups in total. The fourth-order valence-corrected chi connectivity index (χ4v) is 1.30. The van der Waals surface area contributed by atoms with Crippen molar-refractivity contribution in [2.45, 2.75) is 26.7 Å². The molecule has 0 aliphatic heterocycles. The lowest BCUT2D eigenvalue weighted by Crippen LogP contribution is -1.98. The molecule has 0 saturated carbocycles. The number of phenols is 1. The summed E-state index contributed by atoms with van der Waals surface area (Å²) in [5, 5.41) is 18.2. The van der Waals surface area contributed by atoms with Gasteiger partial charge in [-0.3, -0.25) is 4.79 Å². The number of phenolic OH excluding ortho intramolecular Hbond substituents is 1. The highest BCUT2D eigenvalue weighted by Gasteiger charge is 2.07. The number of carbonyl (C=O) groups is 1. The Bertz CT molecular complexity index is 356. The van der Waals surface area contributed by atoms with Crippen LogP contribution in [0.5, 0.6) is 5.75 Å². The summed E-state index contributed by atoms with van der Waals surface area (Å²) in [6.45, 7) is 3.74. The van der Waals surface area contributed by atoms with Crippen LogP contribution >= 0.6 is 0 Å². The first-order valence-corrected chi connectivity index (χ1v) is 4.52. The van der Waals surface area contributed by atoms with Crippen LogP contribution in [0.15, 0.2) is 12.1 Å². The van der Waals surface area contributed by atoms with Crippen LogP contribution in [0, 0.1) is 13.8 Å². The van der Waals surface area contributed by atoms with E-state index in [2.05, 4.69) is 0 Å². The van der Waals surface area contributed by atoms with Gasteiger partial charge in [0.05, 0.1) is 0 Å². The van der Waals surface area contributed by atoms with Crippen LogP contribution in [0.4, 0.5) is 0 Å². The molecule has 0 bridgehead atoms. The molecule has 1 rings (SSSR count). The van der Waals surface area contributed by atoms with Crippen molar-refractivity contribution in [2.24, 2.45) is 0 Å². The minimum absolute atomic E-state index is 0.0516. The van der Waals surface area contributed by atoms with Gasteiger partial charge >= 0.3 is 5.97 Å². The summed E-state index contributed by atoms with van der Waals surface area (Å²) in [5.41, 5.74) is 2.55. The number of aliphatic carboxylic acids is 1. The summed E-state index contributed by atoms with van der Waals surface area (Å²) in [7, 11) is 0. The van der Waals surface area contributed by atoms with Crippen LogP contribution in [-0.2, 0) is 11.2 Å². The number of aryl methyl sites for hydroxylation is 2. The molecule has 0 atom stereocenters. The predicted molar refractivity (Wildman–Crippen MR) is 53.5 cm³/mol. The summed E-state index contributed by atoms with van der Waals surface area (Å²) < 4.78 is 0. The van der Waals surface area contributed by atoms with E-state index in [-0.39, 0.29) is 12.2 Å². The molecule has 0 heterocycles. The standard InChI is InChI=1S/C11H14O3/c1-7-3-4-9(5-6-10(12)13)11(14)8(7)2/h3-4,14H,5-6H2,1-2H3,(H,12,13). The molecule has 0 spiro atoms. The topological polar surface area (TPSA) is 57.5 Å². The molecule has 3 heteroatoms. The first kappa shape index (κ1) is 10.6. The summed E-state index contributed by atoms with van der Waals surface area (Å²) in [6, 6.07) is 3.67. The largest absolute Gasteiger partial charge is 0.507 e. The van der Waals surface area contributed by atoms with Gasteiger partial charge in [-0.05, 0) is 37.0 Å². The van der Waals surface area contributed by atoms with E-state index in [1.807, 2.05) is 19.9 Å². The van der Waals surface area contributed by atoms with E-state index >= 15 is 0 Å². The van der Waals surface area contributed by atoms with E-state index in [1.165, 1.54) is 0 Å². The van der Waals surface area contributed by atoms with Gasteiger partial charge in [0.2, 0.25) is 0 Å². The van der Waals surface area contributed by atoms with E-state index in [9.17, 15) is 9.90 Å². The highest BCUT2D eigenvalue weighted by atomic mass is 16.4. The van der Waals surface area contributed by atoms with Crippen molar-refractivity contribution in [3.63, 3.8) is 0 Å². The van der Waals surface area contributed by atoms with Gasteiger partial charge in [0.25, 0.3) is 0 Å². The average Bonchev–Trinajstić information content (AvgIpc) is 2.13. The van der Waals surface area contributed by atoms with E-state index in [0.29, 0.717) is 12.0 Å². The van der Waals surface area contributed by atoms with Crippen LogP contribution in [-0.4, -0.2) is 16.2 Å². The summed E-state index contributed by atoms with van der Waals surface area (Å²) in [6.07, 6.45) is 0.429. The molecule has 14 heavy (non-hydrogen) atoms. The lowest BCUT2D eigenvalue weighted by molar-refractivity contribution is -0.136. The Labute approximate surface area is 83.0 Å². The Morgan fingerprint density at radius 1 is 1.36 bits per heavy atom. The SMILES string of the molecule is Cc1ccc(CCC(=O)O)c(O)c1C. The zero-order valence-electron chi connectivity index (χ0n) is 8.37. The van der Waals surface area contributed by atoms with Crippen LogP contribution < -0.4 is 0 Å². The smallest absolute Gasteiger partial charge is 0.303 e. The number of benzene rings is 1. The number of aromatic hydroxyl groups is 1. The third-order valence-corrected chi connectivity index (χ3v) is 2.39. The van der Waals surface area contributed by atoms with Gasteiger partial charge in [-0.2, -0.15) is 0 Å². The molecule has 0 aliphatic rings. The third-order valence-electron chi connectivity index (χ3n) is 2.39. The van der Waals surface area contributed by atoms with Crippen molar-refractivity contribution in [1.29, 1.82) is 0 Å². The molecule has 1 aromatic rings. The average molecular weight is 194 g/mol. The fraction of sp³-hybridized carbons (Fsp3) is 0.364. The highest BCUT2D eigenvalue weighted by molar-refractivity contribution is 5.67. The zero-order valence-corrected chi connectivity index (χ0v) is 8.37. The number of rotatable bonds is 3. The molecular weight excluding hydrogens is 180 g/mol. The lowest BCUT2D eigenvalue weighted by atomic mass is 10.0. The van der Waals surface area contributed by atoms with E-state index in [1.54, 1.807) is 6.07 Å². The second-order valence-electron chi connectivity index (χ2n) is 3.41. The van der Waals surface area contributed by atoms with Crippen molar-refractivity contribution in [2.75, 3.05) is 0 Å². The van der Waals surface area contributed by atoms with Gasteiger partial charge in [0, 0.05) is 6.42 Å². The molecule has 0 amide bonds. The molecule has 0 unspecified atom stereocenters. The second kappa shape index (κ2) is 4.13. The van der Waals surface area contributed by atoms with Gasteiger partial charge < -0.3 is 10.2 Å². The third kappa shape index (κ3) is 2.25. The van der Waals surface area contributed by atoms with E-state index < -0.39 is 5.97 Å². The van der Waals surface area contributed by atoms with E-state index in [4.69, 9.17) is 5.11 Å². The first-order valence-electron chi connectivity index (χ1n) is 4.52. The van der Waals surface area contributed by atoms with Crippen molar-refractivity contribution in [1.82, 2.24) is 0 Å². The van der Waals surface area contributed by atoms with Crippen molar-refractivity contribution in [3.8, 4) is 5.75 Å². The second-order valence-corrected chi connectivity index (χ2v) is 3.41. The first-order chi connectivity index (χ1) is 6.52. The van der Waals surface area contributed by atoms with E-state index in [0.717, 1.165) is 11.1 Å². The van der Waals surface area contributed by atoms with Crippen LogP contribution in [0.1, 0.15) is 23.1 Å². The van der Waals surface area contributed by atoms with Crippen LogP contribution in [0.2, 0.25) is 0 Å². The Morgan fingerprint density at radius 3 is 2.57 bits per heavy atom. The normalized spacial score (nSPS) is 10.1. The maximum atomic E-state index is 10.4. The maximum absolute atomic E-state index is 10.4. The minimum Gasteiger partial charge on any atom is -0.507 e. The predicted octanol–water partition coefficient (Wildman–Crippen LogP) is 2.03. The lowest BCUT2D eigenvalue weighted by Gasteiger charge is -2.08. The van der Waals surface area contributed by atoms with Crippen molar-refractivity contribution in [3.05, 3.63) is 28.8 Å². The maximum Gasteiger partial charge on any atom is 0.303 e. The molecule has 76 valence electrons. The fourth-order valence-electron chi connectivity index (χ4n) is 1.30. The number of hydrogen-bond donors (Lipinski definition) is 2. The van der Waals surface area contributed by atoms with Crippen LogP contribution in [0.3, 0.4) is 0 Å². The number of carboxylic acids is 1. The monoisotopic (exact) mass is 194 g/mol. The number of carboxylic acid groups (broad SMARTS) is 1. The van der Waals surface area contributed by atoms with Gasteiger partial charge in [-0.15, -0.1) is 0 Å². The number of hydrogen-bond acceptors (Lipinski definition) is 2. The van der Waals surface area contributed by atoms with Gasteiger partial charge in [-0.1, -0.05) is 12.1 Å². The molecule has 0 aromatic heterocycles. The molecule has 0 fully saturated rings. The van der Waals surface area contributed by atoms with Crippen molar-refractivity contribution < 1.29 is 15.0 Å². The Morgan fingerprint density at radius 2 is 2.00 bits per heavy atom. The molecule has 3 nitrogen and oxygen atoms in total. The minimum atomic E-state index is -0.845. The summed E-state index contributed by atoms with van der Waals surface area (Å²) >= 11 is 0. The molecule has 1 aromatic carbocycles. The molecular formula is C11H14O3. The zero-order chi connectivity index (χ0) is 10.7. The van der Waals surface area contributed by atoms with Gasteiger partial charge in [-0.25, -0.2) is 0 Å². The Kier molecular flexibility index (Phi) is 3.12. The summed E-state index contributed by atoms with van der Waals surface area (Å²) in [4.78, 5) is 10.4. The quantitative estimate of drug-likeness (QED) is 0.774. The highest BCUT2D eigenvalue weighted by Crippen LogP contribution is 2.25. The summed E-state index contributed by atoms with van der Waals surface area (Å²) in [5.74, 6) is -0.617. The Hall–Kier alpha value is -1.51.